The molecule has 4 heterocycles. The normalized spacial score (nSPS) is 20.2. The molecule has 142 valence electrons. The molecule has 1 spiro atoms. The molecule has 0 radical (unpaired) electrons. The molecule has 2 aliphatic rings. The summed E-state index contributed by atoms with van der Waals surface area (Å²) in [4.78, 5) is 32.5. The number of para-hydroxylation sites is 2. The van der Waals surface area contributed by atoms with Crippen LogP contribution in [0.5, 0.6) is 0 Å². The van der Waals surface area contributed by atoms with Crippen molar-refractivity contribution < 1.29 is 9.59 Å². The lowest BCUT2D eigenvalue weighted by molar-refractivity contribution is -0.126. The number of likely N-dealkylation sites (N-methyl/N-ethyl adjacent to an activating group) is 1. The Kier molecular flexibility index (Phi) is 3.12. The lowest BCUT2D eigenvalue weighted by atomic mass is 9.72. The second-order valence-electron chi connectivity index (χ2n) is 7.29. The minimum Gasteiger partial charge on any atom is -0.314 e. The summed E-state index contributed by atoms with van der Waals surface area (Å²) in [5, 5.41) is 8.10. The number of nitrogens with zero attached hydrogens (tertiary/aromatic N) is 4. The van der Waals surface area contributed by atoms with Gasteiger partial charge in [0.05, 0.1) is 16.4 Å². The van der Waals surface area contributed by atoms with Gasteiger partial charge in [0.25, 0.3) is 0 Å². The second-order valence-corrected chi connectivity index (χ2v) is 8.30. The number of aromatic nitrogens is 3. The first-order valence-corrected chi connectivity index (χ1v) is 10.0. The van der Waals surface area contributed by atoms with Crippen molar-refractivity contribution in [3.8, 4) is 5.13 Å². The number of amides is 2. The van der Waals surface area contributed by atoms with Crippen molar-refractivity contribution in [3.05, 3.63) is 65.9 Å². The Morgan fingerprint density at radius 1 is 1.07 bits per heavy atom. The van der Waals surface area contributed by atoms with Gasteiger partial charge in [-0.2, -0.15) is 9.78 Å². The average Bonchev–Trinajstić information content (AvgIpc) is 3.40. The Labute approximate surface area is 169 Å². The van der Waals surface area contributed by atoms with Gasteiger partial charge in [-0.25, -0.2) is 4.98 Å². The predicted molar refractivity (Wildman–Crippen MR) is 111 cm³/mol. The number of nitrogens with one attached hydrogen (secondary N) is 1. The minimum absolute atomic E-state index is 0.0612. The zero-order valence-corrected chi connectivity index (χ0v) is 16.2. The van der Waals surface area contributed by atoms with E-state index >= 15 is 0 Å². The van der Waals surface area contributed by atoms with Gasteiger partial charge in [0.2, 0.25) is 16.9 Å². The van der Waals surface area contributed by atoms with Crippen LogP contribution in [0.1, 0.15) is 17.5 Å². The summed E-state index contributed by atoms with van der Waals surface area (Å²) in [6.07, 6.45) is 1.75. The molecular weight excluding hydrogens is 386 g/mol. The van der Waals surface area contributed by atoms with Crippen LogP contribution in [0, 0.1) is 0 Å². The van der Waals surface area contributed by atoms with Crippen LogP contribution >= 0.6 is 11.3 Å². The number of hydrogen-bond donors (Lipinski definition) is 1. The van der Waals surface area contributed by atoms with E-state index < -0.39 is 5.41 Å². The van der Waals surface area contributed by atoms with E-state index in [1.54, 1.807) is 22.8 Å². The SMILES string of the molecule is CN1C(=O)[C@]2(CC(=O)Nc3c2cnn3-c2nc3ccccc3s2)c2ccccc21. The monoisotopic (exact) mass is 401 g/mol. The number of benzene rings is 2. The third-order valence-corrected chi connectivity index (χ3v) is 6.78. The van der Waals surface area contributed by atoms with Crippen LogP contribution in [0.4, 0.5) is 11.5 Å². The Balaban J connectivity index is 1.61. The Hall–Kier alpha value is -3.52. The lowest BCUT2D eigenvalue weighted by Gasteiger charge is -2.31. The molecule has 0 fully saturated rings. The molecule has 0 saturated heterocycles. The van der Waals surface area contributed by atoms with E-state index in [0.717, 1.165) is 21.5 Å². The number of carbonyl (C=O) groups is 2. The summed E-state index contributed by atoms with van der Waals surface area (Å²) in [5.74, 6) is 0.191. The first-order valence-electron chi connectivity index (χ1n) is 9.21. The molecule has 1 N–H and O–H groups in total. The number of rotatable bonds is 1. The van der Waals surface area contributed by atoms with Crippen LogP contribution in [0.2, 0.25) is 0 Å². The molecule has 8 heteroatoms. The second kappa shape index (κ2) is 5.51. The topological polar surface area (TPSA) is 80.1 Å². The van der Waals surface area contributed by atoms with Gasteiger partial charge in [0.1, 0.15) is 11.2 Å². The first kappa shape index (κ1) is 16.4. The molecule has 0 aliphatic carbocycles. The Morgan fingerprint density at radius 3 is 2.72 bits per heavy atom. The van der Waals surface area contributed by atoms with E-state index in [4.69, 9.17) is 0 Å². The van der Waals surface area contributed by atoms with Crippen LogP contribution < -0.4 is 10.2 Å². The molecule has 4 aromatic rings. The molecule has 2 amide bonds. The van der Waals surface area contributed by atoms with Gasteiger partial charge in [-0.1, -0.05) is 41.7 Å². The highest BCUT2D eigenvalue weighted by atomic mass is 32.1. The van der Waals surface area contributed by atoms with Crippen molar-refractivity contribution >= 4 is 44.9 Å². The van der Waals surface area contributed by atoms with Gasteiger partial charge in [0, 0.05) is 24.7 Å². The summed E-state index contributed by atoms with van der Waals surface area (Å²) >= 11 is 1.49. The highest BCUT2D eigenvalue weighted by Gasteiger charge is 2.56. The Morgan fingerprint density at radius 2 is 1.86 bits per heavy atom. The lowest BCUT2D eigenvalue weighted by Crippen LogP contribution is -2.45. The third kappa shape index (κ3) is 2.01. The molecule has 0 unspecified atom stereocenters. The molecule has 1 atom stereocenters. The van der Waals surface area contributed by atoms with Crippen LogP contribution in [-0.2, 0) is 15.0 Å². The molecule has 2 aromatic carbocycles. The maximum Gasteiger partial charge on any atom is 0.242 e. The molecule has 7 nitrogen and oxygen atoms in total. The fourth-order valence-electron chi connectivity index (χ4n) is 4.46. The van der Waals surface area contributed by atoms with E-state index in [9.17, 15) is 9.59 Å². The van der Waals surface area contributed by atoms with Crippen molar-refractivity contribution in [1.82, 2.24) is 14.8 Å². The molecule has 2 aliphatic heterocycles. The average molecular weight is 401 g/mol. The van der Waals surface area contributed by atoms with Gasteiger partial charge in [-0.15, -0.1) is 0 Å². The van der Waals surface area contributed by atoms with E-state index in [1.165, 1.54) is 11.3 Å². The highest BCUT2D eigenvalue weighted by molar-refractivity contribution is 7.20. The van der Waals surface area contributed by atoms with Gasteiger partial charge in [-0.05, 0) is 23.8 Å². The van der Waals surface area contributed by atoms with Gasteiger partial charge >= 0.3 is 0 Å². The first-order chi connectivity index (χ1) is 14.1. The van der Waals surface area contributed by atoms with E-state index in [-0.39, 0.29) is 18.2 Å². The quantitative estimate of drug-likeness (QED) is 0.532. The van der Waals surface area contributed by atoms with Crippen molar-refractivity contribution in [2.24, 2.45) is 0 Å². The predicted octanol–water partition coefficient (Wildman–Crippen LogP) is 3.09. The van der Waals surface area contributed by atoms with Gasteiger partial charge in [-0.3, -0.25) is 9.59 Å². The highest BCUT2D eigenvalue weighted by Crippen LogP contribution is 2.52. The molecule has 2 aromatic heterocycles. The largest absolute Gasteiger partial charge is 0.314 e. The van der Waals surface area contributed by atoms with Crippen LogP contribution in [0.25, 0.3) is 15.3 Å². The van der Waals surface area contributed by atoms with Gasteiger partial charge in [0.15, 0.2) is 0 Å². The fourth-order valence-corrected chi connectivity index (χ4v) is 5.39. The molecule has 6 rings (SSSR count). The van der Waals surface area contributed by atoms with E-state index in [2.05, 4.69) is 15.4 Å². The Bertz CT molecular complexity index is 1310. The number of fused-ring (bicyclic) bond motifs is 5. The van der Waals surface area contributed by atoms with Crippen molar-refractivity contribution in [2.45, 2.75) is 11.8 Å². The summed E-state index contributed by atoms with van der Waals surface area (Å²) < 4.78 is 2.66. The van der Waals surface area contributed by atoms with Crippen LogP contribution in [-0.4, -0.2) is 33.6 Å². The zero-order valence-electron chi connectivity index (χ0n) is 15.4. The third-order valence-electron chi connectivity index (χ3n) is 5.77. The minimum atomic E-state index is -1.06. The van der Waals surface area contributed by atoms with Crippen molar-refractivity contribution in [3.63, 3.8) is 0 Å². The molecule has 29 heavy (non-hydrogen) atoms. The summed E-state index contributed by atoms with van der Waals surface area (Å²) in [5.41, 5.74) is 2.19. The molecule has 0 bridgehead atoms. The summed E-state index contributed by atoms with van der Waals surface area (Å²) in [7, 11) is 1.75. The van der Waals surface area contributed by atoms with Gasteiger partial charge < -0.3 is 10.2 Å². The standard InChI is InChI=1S/C21H15N5O2S/c1-25-15-8-4-2-6-12(15)21(19(25)28)10-17(27)24-18-13(21)11-22-26(18)20-23-14-7-3-5-9-16(14)29-20/h2-9,11H,10H2,1H3,(H,24,27)/t21-/m1/s1. The fraction of sp³-hybridized carbons (Fsp3) is 0.143. The van der Waals surface area contributed by atoms with Crippen molar-refractivity contribution in [2.75, 3.05) is 17.3 Å². The van der Waals surface area contributed by atoms with Crippen LogP contribution in [0.3, 0.4) is 0 Å². The van der Waals surface area contributed by atoms with E-state index in [1.807, 2.05) is 48.5 Å². The summed E-state index contributed by atoms with van der Waals surface area (Å²) in [6.45, 7) is 0. The maximum atomic E-state index is 13.4. The summed E-state index contributed by atoms with van der Waals surface area (Å²) in [6, 6.07) is 15.5. The molecule has 0 saturated carbocycles. The van der Waals surface area contributed by atoms with Crippen molar-refractivity contribution in [1.29, 1.82) is 0 Å². The number of carbonyl (C=O) groups excluding carboxylic acids is 2. The maximum absolute atomic E-state index is 13.4. The number of thiazole rings is 1. The number of hydrogen-bond acceptors (Lipinski definition) is 5. The molecular formula is C21H15N5O2S. The number of anilines is 2. The van der Waals surface area contributed by atoms with Crippen LogP contribution in [0.15, 0.2) is 54.7 Å². The smallest absolute Gasteiger partial charge is 0.242 e. The van der Waals surface area contributed by atoms with E-state index in [0.29, 0.717) is 16.5 Å². The zero-order chi connectivity index (χ0) is 19.8.